The monoisotopic (exact) mass is 427 g/mol. The molecule has 6 nitrogen and oxygen atoms in total. The van der Waals surface area contributed by atoms with Gasteiger partial charge in [0.2, 0.25) is 5.91 Å². The molecule has 0 bridgehead atoms. The maximum absolute atomic E-state index is 13.5. The number of amides is 2. The van der Waals surface area contributed by atoms with Gasteiger partial charge in [-0.05, 0) is 35.4 Å². The van der Waals surface area contributed by atoms with Crippen LogP contribution >= 0.6 is 0 Å². The number of likely N-dealkylation sites (tertiary alicyclic amines) is 1. The molecule has 2 amide bonds. The lowest BCUT2D eigenvalue weighted by Crippen LogP contribution is -2.36. The topological polar surface area (TPSA) is 53.1 Å². The van der Waals surface area contributed by atoms with Gasteiger partial charge in [0, 0.05) is 19.8 Å². The van der Waals surface area contributed by atoms with Gasteiger partial charge in [-0.3, -0.25) is 19.3 Å². The maximum atomic E-state index is 13.5. The van der Waals surface area contributed by atoms with Crippen LogP contribution in [-0.2, 0) is 21.0 Å². The summed E-state index contributed by atoms with van der Waals surface area (Å²) in [6, 6.07) is 26.9. The van der Waals surface area contributed by atoms with Crippen molar-refractivity contribution in [3.8, 4) is 0 Å². The zero-order valence-electron chi connectivity index (χ0n) is 18.1. The van der Waals surface area contributed by atoms with Crippen molar-refractivity contribution in [2.45, 2.75) is 18.7 Å². The lowest BCUT2D eigenvalue weighted by Gasteiger charge is -2.29. The Balaban J connectivity index is 1.51. The fourth-order valence-corrected chi connectivity index (χ4v) is 4.50. The van der Waals surface area contributed by atoms with Crippen LogP contribution in [-0.4, -0.2) is 36.9 Å². The van der Waals surface area contributed by atoms with E-state index in [2.05, 4.69) is 0 Å². The summed E-state index contributed by atoms with van der Waals surface area (Å²) >= 11 is 0. The third-order valence-electron chi connectivity index (χ3n) is 6.15. The van der Waals surface area contributed by atoms with Crippen molar-refractivity contribution < 1.29 is 14.4 Å². The molecule has 162 valence electrons. The molecule has 2 aliphatic heterocycles. The van der Waals surface area contributed by atoms with E-state index in [0.717, 1.165) is 22.5 Å². The van der Waals surface area contributed by atoms with Gasteiger partial charge in [-0.2, -0.15) is 0 Å². The van der Waals surface area contributed by atoms with Crippen molar-refractivity contribution in [2.75, 3.05) is 24.1 Å². The average Bonchev–Trinajstić information content (AvgIpc) is 3.32. The number of rotatable bonds is 5. The summed E-state index contributed by atoms with van der Waals surface area (Å²) in [4.78, 5) is 36.3. The first-order valence-corrected chi connectivity index (χ1v) is 10.7. The molecule has 0 radical (unpaired) electrons. The zero-order valence-corrected chi connectivity index (χ0v) is 18.1. The SMILES string of the molecule is CN(C)c1ccc([C@@H]2[C@@H]3C(=O)N(Cc4ccccc4)C(=O)[C@H]3ON2c2ccccc2)cc1. The maximum Gasteiger partial charge on any atom is 0.262 e. The molecule has 2 aliphatic rings. The quantitative estimate of drug-likeness (QED) is 0.580. The highest BCUT2D eigenvalue weighted by Gasteiger charge is 2.59. The molecule has 0 aliphatic carbocycles. The Kier molecular flexibility index (Phi) is 5.15. The Morgan fingerprint density at radius 1 is 0.812 bits per heavy atom. The number of benzene rings is 3. The number of imide groups is 1. The summed E-state index contributed by atoms with van der Waals surface area (Å²) in [5, 5.41) is 1.73. The Labute approximate surface area is 187 Å². The predicted octanol–water partition coefficient (Wildman–Crippen LogP) is 3.80. The Bertz CT molecular complexity index is 1120. The highest BCUT2D eigenvalue weighted by molar-refractivity contribution is 6.07. The molecule has 3 aromatic rings. The van der Waals surface area contributed by atoms with Crippen LogP contribution in [0, 0.1) is 5.92 Å². The minimum absolute atomic E-state index is 0.191. The van der Waals surface area contributed by atoms with E-state index >= 15 is 0 Å². The minimum Gasteiger partial charge on any atom is -0.378 e. The molecule has 32 heavy (non-hydrogen) atoms. The number of hydrogen-bond donors (Lipinski definition) is 0. The van der Waals surface area contributed by atoms with Gasteiger partial charge in [0.25, 0.3) is 5.91 Å². The predicted molar refractivity (Wildman–Crippen MR) is 123 cm³/mol. The largest absolute Gasteiger partial charge is 0.378 e. The molecule has 3 atom stereocenters. The normalized spacial score (nSPS) is 22.4. The lowest BCUT2D eigenvalue weighted by molar-refractivity contribution is -0.143. The van der Waals surface area contributed by atoms with E-state index in [1.54, 1.807) is 5.06 Å². The van der Waals surface area contributed by atoms with Gasteiger partial charge in [0.1, 0.15) is 5.92 Å². The molecule has 3 aromatic carbocycles. The number of carbonyl (C=O) groups excluding carboxylic acids is 2. The fourth-order valence-electron chi connectivity index (χ4n) is 4.50. The van der Waals surface area contributed by atoms with Gasteiger partial charge >= 0.3 is 0 Å². The summed E-state index contributed by atoms with van der Waals surface area (Å²) in [6.45, 7) is 0.256. The lowest BCUT2D eigenvalue weighted by atomic mass is 9.90. The van der Waals surface area contributed by atoms with E-state index in [-0.39, 0.29) is 18.4 Å². The second kappa shape index (κ2) is 8.13. The van der Waals surface area contributed by atoms with Crippen LogP contribution in [0.15, 0.2) is 84.9 Å². The van der Waals surface area contributed by atoms with Gasteiger partial charge < -0.3 is 4.90 Å². The number of nitrogens with zero attached hydrogens (tertiary/aromatic N) is 3. The van der Waals surface area contributed by atoms with Crippen molar-refractivity contribution in [2.24, 2.45) is 5.92 Å². The first kappa shape index (κ1) is 20.3. The van der Waals surface area contributed by atoms with Crippen LogP contribution in [0.2, 0.25) is 0 Å². The molecule has 2 saturated heterocycles. The van der Waals surface area contributed by atoms with Crippen LogP contribution in [0.3, 0.4) is 0 Å². The molecule has 0 N–H and O–H groups in total. The molecule has 6 heteroatoms. The standard InChI is InChI=1S/C26H25N3O3/c1-27(2)20-15-13-19(14-16-20)23-22-24(32-29(23)21-11-7-4-8-12-21)26(31)28(25(22)30)17-18-9-5-3-6-10-18/h3-16,22-24H,17H2,1-2H3/t22-,23+,24-/m0/s1. The highest BCUT2D eigenvalue weighted by atomic mass is 16.7. The van der Waals surface area contributed by atoms with Gasteiger partial charge in [-0.1, -0.05) is 60.7 Å². The van der Waals surface area contributed by atoms with E-state index < -0.39 is 18.1 Å². The summed E-state index contributed by atoms with van der Waals surface area (Å²) < 4.78 is 0. The molecule has 0 unspecified atom stereocenters. The van der Waals surface area contributed by atoms with Gasteiger partial charge in [-0.15, -0.1) is 0 Å². The first-order chi connectivity index (χ1) is 15.5. The van der Waals surface area contributed by atoms with Crippen molar-refractivity contribution in [3.63, 3.8) is 0 Å². The van der Waals surface area contributed by atoms with Crippen LogP contribution in [0.5, 0.6) is 0 Å². The van der Waals surface area contributed by atoms with Crippen molar-refractivity contribution in [1.82, 2.24) is 4.90 Å². The molecule has 2 heterocycles. The van der Waals surface area contributed by atoms with E-state index in [1.165, 1.54) is 4.90 Å². The highest BCUT2D eigenvalue weighted by Crippen LogP contribution is 2.47. The number of hydrogen-bond acceptors (Lipinski definition) is 5. The summed E-state index contributed by atoms with van der Waals surface area (Å²) in [5.74, 6) is -1.07. The molecule has 5 rings (SSSR count). The second-order valence-electron chi connectivity index (χ2n) is 8.39. The summed E-state index contributed by atoms with van der Waals surface area (Å²) in [7, 11) is 3.97. The van der Waals surface area contributed by atoms with Crippen molar-refractivity contribution >= 4 is 23.2 Å². The van der Waals surface area contributed by atoms with Crippen LogP contribution in [0.4, 0.5) is 11.4 Å². The number of hydroxylamine groups is 1. The fraction of sp³-hybridized carbons (Fsp3) is 0.231. The van der Waals surface area contributed by atoms with Crippen LogP contribution in [0.25, 0.3) is 0 Å². The number of fused-ring (bicyclic) bond motifs is 1. The third kappa shape index (κ3) is 3.42. The van der Waals surface area contributed by atoms with Crippen molar-refractivity contribution in [3.05, 3.63) is 96.1 Å². The van der Waals surface area contributed by atoms with E-state index in [0.29, 0.717) is 0 Å². The Hall–Kier alpha value is -3.64. The molecular weight excluding hydrogens is 402 g/mol. The second-order valence-corrected chi connectivity index (χ2v) is 8.39. The van der Waals surface area contributed by atoms with Crippen LogP contribution < -0.4 is 9.96 Å². The summed E-state index contributed by atoms with van der Waals surface area (Å²) in [6.07, 6.45) is -0.829. The average molecular weight is 428 g/mol. The van der Waals surface area contributed by atoms with E-state index in [4.69, 9.17) is 4.84 Å². The van der Waals surface area contributed by atoms with E-state index in [1.807, 2.05) is 104 Å². The molecule has 2 fully saturated rings. The molecular formula is C26H25N3O3. The number of para-hydroxylation sites is 1. The minimum atomic E-state index is -0.829. The smallest absolute Gasteiger partial charge is 0.262 e. The number of anilines is 2. The molecule has 0 spiro atoms. The van der Waals surface area contributed by atoms with Gasteiger partial charge in [-0.25, -0.2) is 5.06 Å². The Morgan fingerprint density at radius 2 is 1.44 bits per heavy atom. The van der Waals surface area contributed by atoms with Gasteiger partial charge in [0.05, 0.1) is 18.3 Å². The molecule has 0 saturated carbocycles. The zero-order chi connectivity index (χ0) is 22.2. The number of carbonyl (C=O) groups is 2. The van der Waals surface area contributed by atoms with Crippen molar-refractivity contribution in [1.29, 1.82) is 0 Å². The van der Waals surface area contributed by atoms with E-state index in [9.17, 15) is 9.59 Å². The van der Waals surface area contributed by atoms with Gasteiger partial charge in [0.15, 0.2) is 6.10 Å². The third-order valence-corrected chi connectivity index (χ3v) is 6.15. The Morgan fingerprint density at radius 3 is 2.06 bits per heavy atom. The molecule has 0 aromatic heterocycles. The summed E-state index contributed by atoms with van der Waals surface area (Å²) in [5.41, 5.74) is 3.74. The van der Waals surface area contributed by atoms with Crippen LogP contribution in [0.1, 0.15) is 17.2 Å². The first-order valence-electron chi connectivity index (χ1n) is 10.7.